The molecule has 0 aliphatic rings. The van der Waals surface area contributed by atoms with Gasteiger partial charge in [-0.05, 0) is 18.2 Å². The molecule has 0 aliphatic heterocycles. The van der Waals surface area contributed by atoms with Crippen molar-refractivity contribution in [3.05, 3.63) is 28.2 Å². The van der Waals surface area contributed by atoms with Crippen molar-refractivity contribution in [3.8, 4) is 0 Å². The average Bonchev–Trinajstić information content (AvgIpc) is 2.06. The summed E-state index contributed by atoms with van der Waals surface area (Å²) in [6.45, 7) is 0. The summed E-state index contributed by atoms with van der Waals surface area (Å²) in [7, 11) is -4.75. The molecule has 1 aromatic carbocycles. The van der Waals surface area contributed by atoms with Gasteiger partial charge in [-0.25, -0.2) is 0 Å². The number of rotatable bonds is 2. The molecule has 0 unspecified atom stereocenters. The molecule has 1 aromatic rings. The lowest BCUT2D eigenvalue weighted by Crippen LogP contribution is -2.26. The minimum Gasteiger partial charge on any atom is -0.272 e. The van der Waals surface area contributed by atoms with Crippen LogP contribution < -0.4 is 4.47 Å². The van der Waals surface area contributed by atoms with Crippen LogP contribution in [0.1, 0.15) is 0 Å². The van der Waals surface area contributed by atoms with E-state index >= 15 is 0 Å². The third-order valence-corrected chi connectivity index (χ3v) is 2.52. The summed E-state index contributed by atoms with van der Waals surface area (Å²) in [4.78, 5) is 0. The molecule has 14 heavy (non-hydrogen) atoms. The first-order valence-corrected chi connectivity index (χ1v) is 5.39. The maximum atomic E-state index is 10.5. The van der Waals surface area contributed by atoms with E-state index in [9.17, 15) is 8.42 Å². The van der Waals surface area contributed by atoms with Crippen LogP contribution in [0.4, 0.5) is 5.69 Å². The van der Waals surface area contributed by atoms with E-state index < -0.39 is 10.3 Å². The van der Waals surface area contributed by atoms with Crippen LogP contribution in [0, 0.1) is 0 Å². The number of nitrogens with zero attached hydrogens (tertiary/aromatic N) is 1. The van der Waals surface area contributed by atoms with Gasteiger partial charge in [-0.2, -0.15) is 8.42 Å². The summed E-state index contributed by atoms with van der Waals surface area (Å²) in [5, 5.41) is 9.13. The third kappa shape index (κ3) is 2.49. The van der Waals surface area contributed by atoms with Crippen LogP contribution in [0.2, 0.25) is 10.0 Å². The molecule has 78 valence electrons. The van der Waals surface area contributed by atoms with Gasteiger partial charge in [0.1, 0.15) is 5.69 Å². The normalized spacial score (nSPS) is 11.4. The molecular formula is C6H5Cl2NO4S. The Morgan fingerprint density at radius 1 is 1.29 bits per heavy atom. The lowest BCUT2D eigenvalue weighted by molar-refractivity contribution is 0.296. The Kier molecular flexibility index (Phi) is 3.23. The highest BCUT2D eigenvalue weighted by atomic mass is 35.5. The van der Waals surface area contributed by atoms with Crippen molar-refractivity contribution < 1.29 is 18.2 Å². The van der Waals surface area contributed by atoms with Crippen LogP contribution in [-0.2, 0) is 10.3 Å². The molecular weight excluding hydrogens is 253 g/mol. The predicted molar refractivity (Wildman–Crippen MR) is 52.3 cm³/mol. The second kappa shape index (κ2) is 3.92. The van der Waals surface area contributed by atoms with Crippen LogP contribution in [-0.4, -0.2) is 18.2 Å². The van der Waals surface area contributed by atoms with Gasteiger partial charge in [-0.1, -0.05) is 23.2 Å². The van der Waals surface area contributed by atoms with Gasteiger partial charge in [0.15, 0.2) is 0 Å². The standard InChI is InChI=1S/C6H5Cl2NO4S/c7-4-1-2-5(8)6(3-4)9(10)14(11,12)13/h1-3,10H,(H,11,12,13). The summed E-state index contributed by atoms with van der Waals surface area (Å²) in [5.41, 5.74) is -0.318. The third-order valence-electron chi connectivity index (χ3n) is 1.33. The van der Waals surface area contributed by atoms with Gasteiger partial charge < -0.3 is 0 Å². The van der Waals surface area contributed by atoms with E-state index in [1.165, 1.54) is 12.1 Å². The lowest BCUT2D eigenvalue weighted by atomic mass is 10.3. The van der Waals surface area contributed by atoms with Crippen molar-refractivity contribution in [2.75, 3.05) is 4.47 Å². The number of anilines is 1. The molecule has 0 spiro atoms. The van der Waals surface area contributed by atoms with Crippen molar-refractivity contribution >= 4 is 39.2 Å². The molecule has 8 heteroatoms. The van der Waals surface area contributed by atoms with Gasteiger partial charge in [0.25, 0.3) is 0 Å². The van der Waals surface area contributed by atoms with Crippen molar-refractivity contribution in [3.63, 3.8) is 0 Å². The Hall–Kier alpha value is -0.530. The van der Waals surface area contributed by atoms with E-state index in [1.807, 2.05) is 0 Å². The van der Waals surface area contributed by atoms with E-state index in [-0.39, 0.29) is 20.2 Å². The molecule has 0 saturated carbocycles. The van der Waals surface area contributed by atoms with Crippen molar-refractivity contribution in [1.29, 1.82) is 0 Å². The Morgan fingerprint density at radius 3 is 2.36 bits per heavy atom. The van der Waals surface area contributed by atoms with Gasteiger partial charge in [0.05, 0.1) is 5.02 Å². The maximum absolute atomic E-state index is 10.5. The minimum atomic E-state index is -4.75. The first-order valence-electron chi connectivity index (χ1n) is 3.24. The molecule has 0 amide bonds. The summed E-state index contributed by atoms with van der Waals surface area (Å²) < 4.78 is 29.2. The van der Waals surface area contributed by atoms with E-state index in [0.717, 1.165) is 6.07 Å². The van der Waals surface area contributed by atoms with Crippen LogP contribution in [0.5, 0.6) is 0 Å². The molecule has 5 nitrogen and oxygen atoms in total. The van der Waals surface area contributed by atoms with Crippen LogP contribution >= 0.6 is 23.2 Å². The fourth-order valence-corrected chi connectivity index (χ4v) is 1.57. The zero-order valence-electron chi connectivity index (χ0n) is 6.55. The lowest BCUT2D eigenvalue weighted by Gasteiger charge is -2.13. The van der Waals surface area contributed by atoms with Crippen LogP contribution in [0.3, 0.4) is 0 Å². The fraction of sp³-hybridized carbons (Fsp3) is 0. The highest BCUT2D eigenvalue weighted by molar-refractivity contribution is 7.87. The second-order valence-corrected chi connectivity index (χ2v) is 4.40. The Labute approximate surface area is 90.3 Å². The molecule has 0 saturated heterocycles. The number of hydrogen-bond acceptors (Lipinski definition) is 3. The molecule has 0 aliphatic carbocycles. The Bertz CT molecular complexity index is 447. The zero-order valence-corrected chi connectivity index (χ0v) is 8.88. The molecule has 0 heterocycles. The van der Waals surface area contributed by atoms with Gasteiger partial charge in [0, 0.05) is 5.02 Å². The zero-order chi connectivity index (χ0) is 10.9. The number of hydrogen-bond donors (Lipinski definition) is 2. The number of halogens is 2. The fourth-order valence-electron chi connectivity index (χ4n) is 0.757. The first kappa shape index (κ1) is 11.5. The quantitative estimate of drug-likeness (QED) is 0.628. The van der Waals surface area contributed by atoms with E-state index in [2.05, 4.69) is 0 Å². The molecule has 0 atom stereocenters. The topological polar surface area (TPSA) is 77.8 Å². The summed E-state index contributed by atoms with van der Waals surface area (Å²) in [6.07, 6.45) is 0. The largest absolute Gasteiger partial charge is 0.382 e. The Balaban J connectivity index is 3.26. The molecule has 0 bridgehead atoms. The predicted octanol–water partition coefficient (Wildman–Crippen LogP) is 1.99. The smallest absolute Gasteiger partial charge is 0.272 e. The van der Waals surface area contributed by atoms with Gasteiger partial charge >= 0.3 is 10.3 Å². The molecule has 1 rings (SSSR count). The van der Waals surface area contributed by atoms with E-state index in [0.29, 0.717) is 0 Å². The second-order valence-electron chi connectivity index (χ2n) is 2.32. The van der Waals surface area contributed by atoms with Gasteiger partial charge in [-0.15, -0.1) is 4.47 Å². The van der Waals surface area contributed by atoms with Crippen molar-refractivity contribution in [1.82, 2.24) is 0 Å². The van der Waals surface area contributed by atoms with Crippen molar-refractivity contribution in [2.45, 2.75) is 0 Å². The molecule has 0 radical (unpaired) electrons. The van der Waals surface area contributed by atoms with E-state index in [4.69, 9.17) is 33.0 Å². The maximum Gasteiger partial charge on any atom is 0.382 e. The summed E-state index contributed by atoms with van der Waals surface area (Å²) >= 11 is 11.1. The van der Waals surface area contributed by atoms with Gasteiger partial charge in [-0.3, -0.25) is 9.76 Å². The highest BCUT2D eigenvalue weighted by Gasteiger charge is 2.19. The summed E-state index contributed by atoms with van der Waals surface area (Å²) in [6, 6.07) is 3.79. The van der Waals surface area contributed by atoms with Crippen molar-refractivity contribution in [2.24, 2.45) is 0 Å². The molecule has 0 aromatic heterocycles. The first-order chi connectivity index (χ1) is 6.32. The van der Waals surface area contributed by atoms with Crippen LogP contribution in [0.15, 0.2) is 18.2 Å². The SMILES string of the molecule is O=S(=O)(O)N(O)c1cc(Cl)ccc1Cl. The van der Waals surface area contributed by atoms with Gasteiger partial charge in [0.2, 0.25) is 0 Å². The Morgan fingerprint density at radius 2 is 1.86 bits per heavy atom. The van der Waals surface area contributed by atoms with Crippen LogP contribution in [0.25, 0.3) is 0 Å². The minimum absolute atomic E-state index is 0.0606. The summed E-state index contributed by atoms with van der Waals surface area (Å²) in [5.74, 6) is 0. The molecule has 0 fully saturated rings. The highest BCUT2D eigenvalue weighted by Crippen LogP contribution is 2.29. The molecule has 2 N–H and O–H groups in total. The monoisotopic (exact) mass is 257 g/mol. The van der Waals surface area contributed by atoms with E-state index in [1.54, 1.807) is 0 Å². The average molecular weight is 258 g/mol. The number of benzene rings is 1.